The van der Waals surface area contributed by atoms with Crippen molar-refractivity contribution in [3.8, 4) is 11.5 Å². The summed E-state index contributed by atoms with van der Waals surface area (Å²) in [4.78, 5) is 21.7. The molecular weight excluding hydrogens is 402 g/mol. The number of hydrogen-bond donors (Lipinski definition) is 0. The van der Waals surface area contributed by atoms with Gasteiger partial charge < -0.3 is 19.3 Å². The van der Waals surface area contributed by atoms with Gasteiger partial charge >= 0.3 is 6.09 Å². The molecule has 162 valence electrons. The topological polar surface area (TPSA) is 54.4 Å². The third-order valence-electron chi connectivity index (χ3n) is 5.70. The number of fused-ring (bicyclic) bond motifs is 2. The number of amides is 1. The summed E-state index contributed by atoms with van der Waals surface area (Å²) in [6.45, 7) is 3.01. The Morgan fingerprint density at radius 1 is 0.844 bits per heavy atom. The first kappa shape index (κ1) is 20.1. The highest BCUT2D eigenvalue weighted by Crippen LogP contribution is 2.37. The van der Waals surface area contributed by atoms with Crippen molar-refractivity contribution in [1.29, 1.82) is 0 Å². The molecule has 6 heteroatoms. The molecule has 2 aliphatic heterocycles. The fourth-order valence-corrected chi connectivity index (χ4v) is 4.03. The number of benzene rings is 3. The molecule has 1 saturated heterocycles. The van der Waals surface area contributed by atoms with E-state index in [-0.39, 0.29) is 12.7 Å². The van der Waals surface area contributed by atoms with E-state index in [0.29, 0.717) is 19.6 Å². The van der Waals surface area contributed by atoms with Crippen LogP contribution in [0, 0.1) is 0 Å². The number of nitrogens with zero attached hydrogens (tertiary/aromatic N) is 3. The van der Waals surface area contributed by atoms with Gasteiger partial charge in [-0.15, -0.1) is 0 Å². The molecule has 0 N–H and O–H groups in total. The summed E-state index contributed by atoms with van der Waals surface area (Å²) in [6.07, 6.45) is 0.567. The number of aliphatic imine (C=N–C) groups is 1. The van der Waals surface area contributed by atoms with Crippen LogP contribution in [0.1, 0.15) is 17.5 Å². The van der Waals surface area contributed by atoms with Crippen molar-refractivity contribution in [2.75, 3.05) is 26.2 Å². The highest BCUT2D eigenvalue weighted by atomic mass is 16.6. The lowest BCUT2D eigenvalue weighted by Crippen LogP contribution is -2.37. The van der Waals surface area contributed by atoms with Gasteiger partial charge in [-0.05, 0) is 36.2 Å². The first-order valence-electron chi connectivity index (χ1n) is 10.9. The van der Waals surface area contributed by atoms with E-state index in [2.05, 4.69) is 4.90 Å². The molecule has 5 rings (SSSR count). The summed E-state index contributed by atoms with van der Waals surface area (Å²) in [7, 11) is 0. The number of carbonyl (C=O) groups is 1. The summed E-state index contributed by atoms with van der Waals surface area (Å²) in [5.74, 6) is 2.42. The minimum absolute atomic E-state index is 0.271. The number of rotatable bonds is 2. The van der Waals surface area contributed by atoms with Crippen LogP contribution in [0.4, 0.5) is 10.5 Å². The Balaban J connectivity index is 1.32. The molecule has 3 aromatic carbocycles. The number of para-hydroxylation sites is 3. The zero-order valence-corrected chi connectivity index (χ0v) is 17.8. The van der Waals surface area contributed by atoms with Crippen molar-refractivity contribution >= 4 is 17.6 Å². The van der Waals surface area contributed by atoms with Crippen molar-refractivity contribution in [3.63, 3.8) is 0 Å². The minimum atomic E-state index is -0.271. The second-order valence-corrected chi connectivity index (χ2v) is 7.87. The molecule has 32 heavy (non-hydrogen) atoms. The highest BCUT2D eigenvalue weighted by molar-refractivity contribution is 6.03. The summed E-state index contributed by atoms with van der Waals surface area (Å²) in [6, 6.07) is 25.5. The minimum Gasteiger partial charge on any atom is -0.454 e. The Morgan fingerprint density at radius 2 is 1.59 bits per heavy atom. The average molecular weight is 428 g/mol. The zero-order chi connectivity index (χ0) is 21.8. The molecule has 0 aliphatic carbocycles. The maximum absolute atomic E-state index is 12.7. The van der Waals surface area contributed by atoms with Gasteiger partial charge in [0.25, 0.3) is 0 Å². The highest BCUT2D eigenvalue weighted by Gasteiger charge is 2.26. The average Bonchev–Trinajstić information content (AvgIpc) is 3.18. The fraction of sp³-hybridized carbons (Fsp3) is 0.231. The van der Waals surface area contributed by atoms with Crippen molar-refractivity contribution in [3.05, 3.63) is 90.0 Å². The molecule has 3 aromatic rings. The largest absolute Gasteiger partial charge is 0.454 e. The third-order valence-corrected chi connectivity index (χ3v) is 5.70. The van der Waals surface area contributed by atoms with Crippen molar-refractivity contribution in [2.45, 2.75) is 13.0 Å². The van der Waals surface area contributed by atoms with Crippen LogP contribution in [0.25, 0.3) is 0 Å². The van der Waals surface area contributed by atoms with Crippen LogP contribution in [-0.4, -0.2) is 47.9 Å². The van der Waals surface area contributed by atoms with Gasteiger partial charge in [-0.3, -0.25) is 0 Å². The smallest absolute Gasteiger partial charge is 0.410 e. The van der Waals surface area contributed by atoms with Crippen LogP contribution >= 0.6 is 0 Å². The number of amidine groups is 1. The van der Waals surface area contributed by atoms with E-state index in [1.165, 1.54) is 0 Å². The summed E-state index contributed by atoms with van der Waals surface area (Å²) >= 11 is 0. The van der Waals surface area contributed by atoms with Gasteiger partial charge in [-0.1, -0.05) is 54.6 Å². The summed E-state index contributed by atoms with van der Waals surface area (Å²) < 4.78 is 11.7. The molecule has 0 atom stereocenters. The third kappa shape index (κ3) is 4.30. The quantitative estimate of drug-likeness (QED) is 0.563. The maximum Gasteiger partial charge on any atom is 0.410 e. The molecule has 2 heterocycles. The standard InChI is InChI=1S/C26H25N3O3/c30-26(31-19-20-9-2-1-3-10-20)29-16-8-15-28(17-18-29)25-21-11-4-6-13-23(21)32-24-14-7-5-12-22(24)27-25/h1-7,9-14H,8,15-19H2. The molecule has 1 fully saturated rings. The van der Waals surface area contributed by atoms with Gasteiger partial charge in [0.1, 0.15) is 23.9 Å². The van der Waals surface area contributed by atoms with Crippen LogP contribution < -0.4 is 4.74 Å². The Bertz CT molecular complexity index is 1130. The molecule has 0 bridgehead atoms. The van der Waals surface area contributed by atoms with E-state index in [0.717, 1.165) is 47.1 Å². The lowest BCUT2D eigenvalue weighted by atomic mass is 10.1. The van der Waals surface area contributed by atoms with E-state index < -0.39 is 0 Å². The Kier molecular flexibility index (Phi) is 5.75. The molecule has 0 aromatic heterocycles. The van der Waals surface area contributed by atoms with Crippen molar-refractivity contribution < 1.29 is 14.3 Å². The predicted molar refractivity (Wildman–Crippen MR) is 124 cm³/mol. The van der Waals surface area contributed by atoms with Crippen LogP contribution in [0.2, 0.25) is 0 Å². The van der Waals surface area contributed by atoms with Crippen LogP contribution in [-0.2, 0) is 11.3 Å². The normalized spacial score (nSPS) is 15.4. The SMILES string of the molecule is O=C(OCc1ccccc1)N1CCCN(C2=Nc3ccccc3Oc3ccccc32)CC1. The first-order valence-corrected chi connectivity index (χ1v) is 10.9. The van der Waals surface area contributed by atoms with Crippen LogP contribution in [0.15, 0.2) is 83.9 Å². The zero-order valence-electron chi connectivity index (χ0n) is 17.8. The van der Waals surface area contributed by atoms with Gasteiger partial charge in [0.2, 0.25) is 0 Å². The Hall–Kier alpha value is -3.80. The van der Waals surface area contributed by atoms with Crippen molar-refractivity contribution in [2.24, 2.45) is 4.99 Å². The van der Waals surface area contributed by atoms with Gasteiger partial charge in [0.15, 0.2) is 5.75 Å². The molecular formula is C26H25N3O3. The molecule has 0 spiro atoms. The Morgan fingerprint density at radius 3 is 2.47 bits per heavy atom. The molecule has 2 aliphatic rings. The number of carbonyl (C=O) groups excluding carboxylic acids is 1. The maximum atomic E-state index is 12.7. The van der Waals surface area contributed by atoms with E-state index >= 15 is 0 Å². The fourth-order valence-electron chi connectivity index (χ4n) is 4.03. The monoisotopic (exact) mass is 427 g/mol. The second-order valence-electron chi connectivity index (χ2n) is 7.87. The number of ether oxygens (including phenoxy) is 2. The summed E-state index contributed by atoms with van der Waals surface area (Å²) in [5, 5.41) is 0. The van der Waals surface area contributed by atoms with E-state index in [9.17, 15) is 4.79 Å². The van der Waals surface area contributed by atoms with Crippen LogP contribution in [0.3, 0.4) is 0 Å². The molecule has 0 radical (unpaired) electrons. The van der Waals surface area contributed by atoms with Crippen LogP contribution in [0.5, 0.6) is 11.5 Å². The molecule has 0 unspecified atom stereocenters. The lowest BCUT2D eigenvalue weighted by molar-refractivity contribution is 0.0979. The number of hydrogen-bond acceptors (Lipinski definition) is 5. The van der Waals surface area contributed by atoms with Crippen molar-refractivity contribution in [1.82, 2.24) is 9.80 Å². The van der Waals surface area contributed by atoms with E-state index in [1.807, 2.05) is 78.9 Å². The second kappa shape index (κ2) is 9.14. The van der Waals surface area contributed by atoms with E-state index in [4.69, 9.17) is 14.5 Å². The van der Waals surface area contributed by atoms with Gasteiger partial charge in [0.05, 0.1) is 5.56 Å². The molecule has 1 amide bonds. The first-order chi connectivity index (χ1) is 15.8. The summed E-state index contributed by atoms with van der Waals surface area (Å²) in [5.41, 5.74) is 2.76. The molecule has 6 nitrogen and oxygen atoms in total. The predicted octanol–water partition coefficient (Wildman–Crippen LogP) is 5.22. The molecule has 0 saturated carbocycles. The van der Waals surface area contributed by atoms with Gasteiger partial charge in [-0.2, -0.15) is 0 Å². The van der Waals surface area contributed by atoms with Gasteiger partial charge in [-0.25, -0.2) is 9.79 Å². The Labute approximate surface area is 187 Å². The van der Waals surface area contributed by atoms with Gasteiger partial charge in [0, 0.05) is 26.2 Å². The lowest BCUT2D eigenvalue weighted by Gasteiger charge is -2.25. The van der Waals surface area contributed by atoms with E-state index in [1.54, 1.807) is 4.90 Å².